The zero-order chi connectivity index (χ0) is 8.55. The lowest BCUT2D eigenvalue weighted by atomic mass is 10.2. The molecule has 2 rings (SSSR count). The van der Waals surface area contributed by atoms with Gasteiger partial charge in [0.25, 0.3) is 0 Å². The Bertz CT molecular complexity index is 282. The van der Waals surface area contributed by atoms with Crippen LogP contribution in [0.4, 0.5) is 0 Å². The molecule has 1 aromatic rings. The number of nitrogens with zero attached hydrogens (tertiary/aromatic N) is 2. The molecule has 0 saturated heterocycles. The van der Waals surface area contributed by atoms with E-state index in [1.165, 1.54) is 0 Å². The van der Waals surface area contributed by atoms with Crippen LogP contribution in [-0.4, -0.2) is 20.9 Å². The van der Waals surface area contributed by atoms with Crippen molar-refractivity contribution in [3.63, 3.8) is 0 Å². The summed E-state index contributed by atoms with van der Waals surface area (Å²) in [4.78, 5) is 0. The zero-order valence-electron chi connectivity index (χ0n) is 7.12. The minimum absolute atomic E-state index is 0.0361. The van der Waals surface area contributed by atoms with Crippen molar-refractivity contribution in [2.24, 2.45) is 0 Å². The number of aromatic nitrogens is 2. The molecule has 4 nitrogen and oxygen atoms in total. The van der Waals surface area contributed by atoms with E-state index in [1.807, 2.05) is 10.7 Å². The molecule has 0 spiro atoms. The summed E-state index contributed by atoms with van der Waals surface area (Å²) < 4.78 is 1.96. The van der Waals surface area contributed by atoms with Crippen molar-refractivity contribution in [1.29, 1.82) is 0 Å². The van der Waals surface area contributed by atoms with Crippen LogP contribution in [0.15, 0.2) is 6.07 Å². The summed E-state index contributed by atoms with van der Waals surface area (Å²) in [7, 11) is 0. The lowest BCUT2D eigenvalue weighted by Crippen LogP contribution is -2.36. The lowest BCUT2D eigenvalue weighted by Gasteiger charge is -2.21. The van der Waals surface area contributed by atoms with Crippen molar-refractivity contribution in [3.05, 3.63) is 17.5 Å². The highest BCUT2D eigenvalue weighted by molar-refractivity contribution is 5.11. The van der Waals surface area contributed by atoms with Gasteiger partial charge in [0.15, 0.2) is 0 Å². The highest BCUT2D eigenvalue weighted by atomic mass is 16.3. The van der Waals surface area contributed by atoms with E-state index >= 15 is 0 Å². The first-order chi connectivity index (χ1) is 5.79. The summed E-state index contributed by atoms with van der Waals surface area (Å²) in [5.41, 5.74) is 1.93. The summed E-state index contributed by atoms with van der Waals surface area (Å²) in [6.07, 6.45) is 0. The van der Waals surface area contributed by atoms with E-state index in [0.29, 0.717) is 6.04 Å². The summed E-state index contributed by atoms with van der Waals surface area (Å²) in [6, 6.07) is 2.42. The normalized spacial score (nSPS) is 22.3. The van der Waals surface area contributed by atoms with E-state index in [4.69, 9.17) is 5.11 Å². The standard InChI is InChI=1S/C8H13N3O/c1-6-4-11-8(3-9-6)2-7(5-12)10-11/h2,6,9,12H,3-5H2,1H3/t6-/m0/s1. The lowest BCUT2D eigenvalue weighted by molar-refractivity contribution is 0.274. The fraction of sp³-hybridized carbons (Fsp3) is 0.625. The molecule has 2 heterocycles. The third kappa shape index (κ3) is 1.23. The fourth-order valence-electron chi connectivity index (χ4n) is 1.50. The quantitative estimate of drug-likeness (QED) is 0.612. The third-order valence-electron chi connectivity index (χ3n) is 2.15. The molecular weight excluding hydrogens is 154 g/mol. The number of hydrogen-bond donors (Lipinski definition) is 2. The monoisotopic (exact) mass is 167 g/mol. The van der Waals surface area contributed by atoms with Crippen molar-refractivity contribution in [2.45, 2.75) is 32.7 Å². The van der Waals surface area contributed by atoms with Gasteiger partial charge in [-0.15, -0.1) is 0 Å². The molecule has 0 saturated carbocycles. The van der Waals surface area contributed by atoms with Gasteiger partial charge in [-0.05, 0) is 13.0 Å². The topological polar surface area (TPSA) is 50.1 Å². The summed E-state index contributed by atoms with van der Waals surface area (Å²) in [5, 5.41) is 16.4. The molecular formula is C8H13N3O. The van der Waals surface area contributed by atoms with E-state index in [-0.39, 0.29) is 6.61 Å². The van der Waals surface area contributed by atoms with Crippen LogP contribution in [0.3, 0.4) is 0 Å². The number of fused-ring (bicyclic) bond motifs is 1. The van der Waals surface area contributed by atoms with E-state index in [9.17, 15) is 0 Å². The molecule has 0 aromatic carbocycles. The predicted octanol–water partition coefficient (Wildman–Crippen LogP) is -0.133. The first-order valence-electron chi connectivity index (χ1n) is 4.19. The molecule has 0 unspecified atom stereocenters. The Balaban J connectivity index is 2.28. The Morgan fingerprint density at radius 2 is 2.67 bits per heavy atom. The Labute approximate surface area is 71.2 Å². The van der Waals surface area contributed by atoms with Crippen LogP contribution in [0, 0.1) is 0 Å². The van der Waals surface area contributed by atoms with Crippen molar-refractivity contribution >= 4 is 0 Å². The maximum Gasteiger partial charge on any atom is 0.0882 e. The van der Waals surface area contributed by atoms with E-state index in [2.05, 4.69) is 17.3 Å². The number of hydrogen-bond acceptors (Lipinski definition) is 3. The van der Waals surface area contributed by atoms with Crippen molar-refractivity contribution in [3.8, 4) is 0 Å². The molecule has 4 heteroatoms. The number of nitrogens with one attached hydrogen (secondary N) is 1. The average Bonchev–Trinajstić information content (AvgIpc) is 2.46. The van der Waals surface area contributed by atoms with Crippen LogP contribution in [0.25, 0.3) is 0 Å². The van der Waals surface area contributed by atoms with Gasteiger partial charge in [-0.1, -0.05) is 0 Å². The molecule has 12 heavy (non-hydrogen) atoms. The van der Waals surface area contributed by atoms with Gasteiger partial charge >= 0.3 is 0 Å². The van der Waals surface area contributed by atoms with Crippen LogP contribution < -0.4 is 5.32 Å². The molecule has 0 fully saturated rings. The predicted molar refractivity (Wildman–Crippen MR) is 44.5 cm³/mol. The zero-order valence-corrected chi connectivity index (χ0v) is 7.12. The van der Waals surface area contributed by atoms with Crippen molar-refractivity contribution in [2.75, 3.05) is 0 Å². The third-order valence-corrected chi connectivity index (χ3v) is 2.15. The maximum atomic E-state index is 8.86. The van der Waals surface area contributed by atoms with E-state index < -0.39 is 0 Å². The molecule has 1 aromatic heterocycles. The van der Waals surface area contributed by atoms with Gasteiger partial charge in [0, 0.05) is 12.6 Å². The second-order valence-electron chi connectivity index (χ2n) is 3.25. The number of aliphatic hydroxyl groups excluding tert-OH is 1. The van der Waals surface area contributed by atoms with Crippen LogP contribution in [0.2, 0.25) is 0 Å². The molecule has 1 atom stereocenters. The molecule has 0 bridgehead atoms. The first-order valence-corrected chi connectivity index (χ1v) is 4.19. The summed E-state index contributed by atoms with van der Waals surface area (Å²) in [6.45, 7) is 3.92. The minimum atomic E-state index is 0.0361. The highest BCUT2D eigenvalue weighted by Gasteiger charge is 2.15. The van der Waals surface area contributed by atoms with Crippen LogP contribution in [0.1, 0.15) is 18.3 Å². The van der Waals surface area contributed by atoms with Gasteiger partial charge in [0.1, 0.15) is 0 Å². The molecule has 1 aliphatic heterocycles. The van der Waals surface area contributed by atoms with E-state index in [1.54, 1.807) is 0 Å². The van der Waals surface area contributed by atoms with Crippen LogP contribution in [-0.2, 0) is 19.7 Å². The molecule has 0 amide bonds. The second-order valence-corrected chi connectivity index (χ2v) is 3.25. The van der Waals surface area contributed by atoms with Gasteiger partial charge in [-0.25, -0.2) is 0 Å². The number of rotatable bonds is 1. The summed E-state index contributed by atoms with van der Waals surface area (Å²) in [5.74, 6) is 0. The van der Waals surface area contributed by atoms with Gasteiger partial charge < -0.3 is 10.4 Å². The SMILES string of the molecule is C[C@H]1Cn2nc(CO)cc2CN1. The molecule has 0 radical (unpaired) electrons. The Morgan fingerprint density at radius 3 is 3.42 bits per heavy atom. The largest absolute Gasteiger partial charge is 0.390 e. The van der Waals surface area contributed by atoms with Gasteiger partial charge in [0.2, 0.25) is 0 Å². The van der Waals surface area contributed by atoms with Crippen molar-refractivity contribution in [1.82, 2.24) is 15.1 Å². The highest BCUT2D eigenvalue weighted by Crippen LogP contribution is 2.09. The van der Waals surface area contributed by atoms with Gasteiger partial charge in [-0.3, -0.25) is 4.68 Å². The minimum Gasteiger partial charge on any atom is -0.390 e. The van der Waals surface area contributed by atoms with Crippen LogP contribution >= 0.6 is 0 Å². The van der Waals surface area contributed by atoms with Gasteiger partial charge in [-0.2, -0.15) is 5.10 Å². The fourth-order valence-corrected chi connectivity index (χ4v) is 1.50. The van der Waals surface area contributed by atoms with Crippen molar-refractivity contribution < 1.29 is 5.11 Å². The maximum absolute atomic E-state index is 8.86. The van der Waals surface area contributed by atoms with Gasteiger partial charge in [0.05, 0.1) is 24.5 Å². The average molecular weight is 167 g/mol. The first kappa shape index (κ1) is 7.76. The molecule has 0 aliphatic carbocycles. The molecule has 2 N–H and O–H groups in total. The van der Waals surface area contributed by atoms with Crippen LogP contribution in [0.5, 0.6) is 0 Å². The summed E-state index contributed by atoms with van der Waals surface area (Å²) >= 11 is 0. The Morgan fingerprint density at radius 1 is 1.83 bits per heavy atom. The Hall–Kier alpha value is -0.870. The Kier molecular flexibility index (Phi) is 1.86. The number of aliphatic hydroxyl groups is 1. The molecule has 66 valence electrons. The second kappa shape index (κ2) is 2.88. The smallest absolute Gasteiger partial charge is 0.0882 e. The molecule has 1 aliphatic rings. The van der Waals surface area contributed by atoms with E-state index in [0.717, 1.165) is 24.5 Å².